The summed E-state index contributed by atoms with van der Waals surface area (Å²) in [5.41, 5.74) is 0. The predicted octanol–water partition coefficient (Wildman–Crippen LogP) is 1.26. The van der Waals surface area contributed by atoms with Crippen molar-refractivity contribution in [1.29, 1.82) is 0 Å². The fourth-order valence-corrected chi connectivity index (χ4v) is 0.377. The van der Waals surface area contributed by atoms with E-state index in [1.807, 2.05) is 7.05 Å². The highest BCUT2D eigenvalue weighted by molar-refractivity contribution is 6.17. The van der Waals surface area contributed by atoms with Gasteiger partial charge in [0, 0.05) is 5.88 Å². The van der Waals surface area contributed by atoms with Crippen molar-refractivity contribution in [3.63, 3.8) is 0 Å². The maximum Gasteiger partial charge on any atom is 0.0235 e. The van der Waals surface area contributed by atoms with Gasteiger partial charge in [-0.05, 0) is 20.0 Å². The van der Waals surface area contributed by atoms with Crippen LogP contribution in [0, 0.1) is 0 Å². The second kappa shape index (κ2) is 9.74. The fourth-order valence-electron chi connectivity index (χ4n) is 0.244. The van der Waals surface area contributed by atoms with Crippen LogP contribution in [0.25, 0.3) is 0 Å². The molecule has 3 heteroatoms. The third-order valence-corrected chi connectivity index (χ3v) is 0.828. The molecule has 7 heavy (non-hydrogen) atoms. The van der Waals surface area contributed by atoms with Crippen molar-refractivity contribution >= 4 is 24.0 Å². The molecule has 0 amide bonds. The van der Waals surface area contributed by atoms with Crippen molar-refractivity contribution in [1.82, 2.24) is 5.32 Å². The van der Waals surface area contributed by atoms with Crippen molar-refractivity contribution in [2.75, 3.05) is 19.5 Å². The first-order valence-corrected chi connectivity index (χ1v) is 2.66. The molecule has 0 aliphatic rings. The van der Waals surface area contributed by atoms with E-state index in [9.17, 15) is 0 Å². The van der Waals surface area contributed by atoms with Gasteiger partial charge in [-0.2, -0.15) is 0 Å². The van der Waals surface area contributed by atoms with Crippen LogP contribution >= 0.6 is 24.0 Å². The number of hydrogen-bond acceptors (Lipinski definition) is 1. The Morgan fingerprint density at radius 2 is 2.14 bits per heavy atom. The van der Waals surface area contributed by atoms with Crippen molar-refractivity contribution in [2.45, 2.75) is 6.42 Å². The van der Waals surface area contributed by atoms with E-state index < -0.39 is 0 Å². The smallest absolute Gasteiger partial charge is 0.0235 e. The molecule has 0 aromatic heterocycles. The molecule has 0 saturated heterocycles. The molecule has 1 N–H and O–H groups in total. The zero-order valence-corrected chi connectivity index (χ0v) is 5.98. The summed E-state index contributed by atoms with van der Waals surface area (Å²) < 4.78 is 0. The van der Waals surface area contributed by atoms with Crippen LogP contribution < -0.4 is 5.32 Å². The van der Waals surface area contributed by atoms with E-state index in [1.165, 1.54) is 0 Å². The zero-order valence-electron chi connectivity index (χ0n) is 4.41. The van der Waals surface area contributed by atoms with Crippen LogP contribution in [-0.2, 0) is 0 Å². The number of hydrogen-bond donors (Lipinski definition) is 1. The van der Waals surface area contributed by atoms with Crippen LogP contribution in [0.15, 0.2) is 0 Å². The Balaban J connectivity index is 0. The second-order valence-electron chi connectivity index (χ2n) is 1.15. The summed E-state index contributed by atoms with van der Waals surface area (Å²) in [5.74, 6) is 0.765. The predicted molar refractivity (Wildman–Crippen MR) is 36.5 cm³/mol. The van der Waals surface area contributed by atoms with Gasteiger partial charge in [-0.1, -0.05) is 0 Å². The first-order chi connectivity index (χ1) is 2.91. The van der Waals surface area contributed by atoms with E-state index in [0.29, 0.717) is 0 Å². The maximum absolute atomic E-state index is 5.34. The fraction of sp³-hybridized carbons (Fsp3) is 1.00. The largest absolute Gasteiger partial charge is 0.320 e. The number of halogens is 2. The van der Waals surface area contributed by atoms with Gasteiger partial charge in [-0.15, -0.1) is 24.0 Å². The lowest BCUT2D eigenvalue weighted by atomic mass is 10.5. The summed E-state index contributed by atoms with van der Waals surface area (Å²) >= 11 is 5.34. The molecular formula is C4H11Cl2N. The molecule has 0 aliphatic heterocycles. The summed E-state index contributed by atoms with van der Waals surface area (Å²) in [4.78, 5) is 0. The highest BCUT2D eigenvalue weighted by Gasteiger charge is 1.75. The van der Waals surface area contributed by atoms with Crippen LogP contribution in [-0.4, -0.2) is 19.5 Å². The van der Waals surface area contributed by atoms with Gasteiger partial charge in [0.15, 0.2) is 0 Å². The summed E-state index contributed by atoms with van der Waals surface area (Å²) in [6.07, 6.45) is 1.07. The Bertz CT molecular complexity index is 21.7. The average molecular weight is 144 g/mol. The van der Waals surface area contributed by atoms with E-state index in [2.05, 4.69) is 5.32 Å². The molecule has 0 rings (SSSR count). The van der Waals surface area contributed by atoms with E-state index in [-0.39, 0.29) is 12.4 Å². The standard InChI is InChI=1S/C4H10ClN.ClH/c1-6-4-2-3-5;/h6H,2-4H2,1H3;1H. The van der Waals surface area contributed by atoms with Gasteiger partial charge in [-0.3, -0.25) is 0 Å². The lowest BCUT2D eigenvalue weighted by molar-refractivity contribution is 0.776. The van der Waals surface area contributed by atoms with Crippen molar-refractivity contribution in [3.8, 4) is 0 Å². The van der Waals surface area contributed by atoms with Crippen LogP contribution in [0.3, 0.4) is 0 Å². The van der Waals surface area contributed by atoms with E-state index in [1.54, 1.807) is 0 Å². The Labute approximate surface area is 55.8 Å². The number of nitrogens with one attached hydrogen (secondary N) is 1. The van der Waals surface area contributed by atoms with Crippen LogP contribution in [0.1, 0.15) is 6.42 Å². The van der Waals surface area contributed by atoms with Gasteiger partial charge >= 0.3 is 0 Å². The highest BCUT2D eigenvalue weighted by Crippen LogP contribution is 1.78. The second-order valence-corrected chi connectivity index (χ2v) is 1.52. The van der Waals surface area contributed by atoms with E-state index in [0.717, 1.165) is 18.8 Å². The molecule has 0 aromatic carbocycles. The molecule has 0 saturated carbocycles. The third-order valence-electron chi connectivity index (χ3n) is 0.560. The highest BCUT2D eigenvalue weighted by atomic mass is 35.5. The van der Waals surface area contributed by atoms with Crippen molar-refractivity contribution in [2.24, 2.45) is 0 Å². The van der Waals surface area contributed by atoms with Gasteiger partial charge < -0.3 is 5.32 Å². The topological polar surface area (TPSA) is 12.0 Å². The Kier molecular flexibility index (Phi) is 14.6. The maximum atomic E-state index is 5.34. The summed E-state index contributed by atoms with van der Waals surface area (Å²) in [6.45, 7) is 1.03. The lowest BCUT2D eigenvalue weighted by Crippen LogP contribution is -2.07. The van der Waals surface area contributed by atoms with Gasteiger partial charge in [0.25, 0.3) is 0 Å². The molecule has 0 radical (unpaired) electrons. The average Bonchev–Trinajstić information content (AvgIpc) is 1.61. The van der Waals surface area contributed by atoms with E-state index in [4.69, 9.17) is 11.6 Å². The third kappa shape index (κ3) is 10.8. The van der Waals surface area contributed by atoms with Gasteiger partial charge in [0.05, 0.1) is 0 Å². The molecule has 0 unspecified atom stereocenters. The molecule has 0 fully saturated rings. The lowest BCUT2D eigenvalue weighted by Gasteiger charge is -1.88. The van der Waals surface area contributed by atoms with Crippen molar-refractivity contribution in [3.05, 3.63) is 0 Å². The monoisotopic (exact) mass is 143 g/mol. The summed E-state index contributed by atoms with van der Waals surface area (Å²) in [5, 5.41) is 2.98. The number of alkyl halides is 1. The minimum atomic E-state index is 0. The molecule has 0 bridgehead atoms. The molecule has 0 heterocycles. The summed E-state index contributed by atoms with van der Waals surface area (Å²) in [7, 11) is 1.92. The zero-order chi connectivity index (χ0) is 4.83. The van der Waals surface area contributed by atoms with Crippen LogP contribution in [0.4, 0.5) is 0 Å². The Morgan fingerprint density at radius 1 is 1.57 bits per heavy atom. The molecular weight excluding hydrogens is 133 g/mol. The first kappa shape index (κ1) is 10.5. The molecule has 0 aliphatic carbocycles. The summed E-state index contributed by atoms with van der Waals surface area (Å²) in [6, 6.07) is 0. The molecule has 46 valence electrons. The SMILES string of the molecule is CNCCCCl.Cl. The number of rotatable bonds is 3. The Morgan fingerprint density at radius 3 is 2.29 bits per heavy atom. The first-order valence-electron chi connectivity index (χ1n) is 2.12. The normalized spacial score (nSPS) is 7.71. The minimum Gasteiger partial charge on any atom is -0.320 e. The molecule has 0 spiro atoms. The Hall–Kier alpha value is 0.540. The minimum absolute atomic E-state index is 0. The van der Waals surface area contributed by atoms with E-state index >= 15 is 0 Å². The van der Waals surface area contributed by atoms with Crippen molar-refractivity contribution < 1.29 is 0 Å². The van der Waals surface area contributed by atoms with Gasteiger partial charge in [0.1, 0.15) is 0 Å². The quantitative estimate of drug-likeness (QED) is 0.464. The van der Waals surface area contributed by atoms with Crippen LogP contribution in [0.2, 0.25) is 0 Å². The van der Waals surface area contributed by atoms with Gasteiger partial charge in [-0.25, -0.2) is 0 Å². The van der Waals surface area contributed by atoms with Crippen LogP contribution in [0.5, 0.6) is 0 Å². The molecule has 1 nitrogen and oxygen atoms in total. The van der Waals surface area contributed by atoms with Gasteiger partial charge in [0.2, 0.25) is 0 Å². The molecule has 0 atom stereocenters. The molecule has 0 aromatic rings.